The van der Waals surface area contributed by atoms with Gasteiger partial charge in [0, 0.05) is 6.20 Å². The van der Waals surface area contributed by atoms with Crippen LogP contribution in [0.4, 0.5) is 5.69 Å². The van der Waals surface area contributed by atoms with Crippen LogP contribution in [0.15, 0.2) is 48.8 Å². The van der Waals surface area contributed by atoms with Gasteiger partial charge in [0.05, 0.1) is 29.9 Å². The monoisotopic (exact) mass is 237 g/mol. The second kappa shape index (κ2) is 5.60. The third kappa shape index (κ3) is 3.16. The van der Waals surface area contributed by atoms with E-state index in [9.17, 15) is 4.79 Å². The molecule has 1 aromatic heterocycles. The number of aromatic nitrogens is 1. The van der Waals surface area contributed by atoms with Crippen LogP contribution in [0.1, 0.15) is 11.1 Å². The lowest BCUT2D eigenvalue weighted by Crippen LogP contribution is -2.14. The van der Waals surface area contributed by atoms with Crippen LogP contribution in [0, 0.1) is 11.3 Å². The van der Waals surface area contributed by atoms with Gasteiger partial charge in [-0.05, 0) is 29.8 Å². The largest absolute Gasteiger partial charge is 0.324 e. The van der Waals surface area contributed by atoms with Crippen molar-refractivity contribution in [2.24, 2.45) is 0 Å². The molecule has 2 aromatic rings. The van der Waals surface area contributed by atoms with Crippen LogP contribution in [0.5, 0.6) is 0 Å². The predicted molar refractivity (Wildman–Crippen MR) is 67.7 cm³/mol. The number of anilines is 1. The highest BCUT2D eigenvalue weighted by Gasteiger charge is 2.04. The molecule has 0 bridgehead atoms. The number of rotatable bonds is 3. The summed E-state index contributed by atoms with van der Waals surface area (Å²) in [6.45, 7) is 0. The molecule has 1 amide bonds. The topological polar surface area (TPSA) is 65.8 Å². The van der Waals surface area contributed by atoms with Crippen molar-refractivity contribution in [3.05, 3.63) is 59.9 Å². The lowest BCUT2D eigenvalue weighted by atomic mass is 10.1. The summed E-state index contributed by atoms with van der Waals surface area (Å²) in [7, 11) is 0. The molecule has 0 atom stereocenters. The molecule has 4 heteroatoms. The van der Waals surface area contributed by atoms with Crippen LogP contribution in [0.25, 0.3) is 0 Å². The summed E-state index contributed by atoms with van der Waals surface area (Å²) < 4.78 is 0. The first-order valence-electron chi connectivity index (χ1n) is 5.47. The van der Waals surface area contributed by atoms with E-state index < -0.39 is 0 Å². The first-order chi connectivity index (χ1) is 8.78. The van der Waals surface area contributed by atoms with Crippen LogP contribution in [-0.2, 0) is 11.2 Å². The van der Waals surface area contributed by atoms with Crippen molar-refractivity contribution < 1.29 is 4.79 Å². The molecule has 0 radical (unpaired) electrons. The number of hydrogen-bond donors (Lipinski definition) is 1. The molecule has 18 heavy (non-hydrogen) atoms. The Bertz CT molecular complexity index is 587. The Hall–Kier alpha value is -2.67. The maximum Gasteiger partial charge on any atom is 0.228 e. The Balaban J connectivity index is 2.01. The van der Waals surface area contributed by atoms with E-state index in [1.54, 1.807) is 42.7 Å². The van der Waals surface area contributed by atoms with Gasteiger partial charge in [-0.2, -0.15) is 5.26 Å². The molecule has 0 saturated carbocycles. The molecule has 0 spiro atoms. The average Bonchev–Trinajstić information content (AvgIpc) is 2.40. The molecule has 0 aliphatic rings. The van der Waals surface area contributed by atoms with E-state index in [1.807, 2.05) is 12.1 Å². The first kappa shape index (κ1) is 11.8. The van der Waals surface area contributed by atoms with E-state index >= 15 is 0 Å². The highest BCUT2D eigenvalue weighted by molar-refractivity contribution is 5.92. The molecule has 1 N–H and O–H groups in total. The summed E-state index contributed by atoms with van der Waals surface area (Å²) in [5.41, 5.74) is 2.04. The minimum absolute atomic E-state index is 0.127. The maximum absolute atomic E-state index is 11.8. The second-order valence-corrected chi connectivity index (χ2v) is 3.78. The van der Waals surface area contributed by atoms with Gasteiger partial charge in [-0.15, -0.1) is 0 Å². The molecule has 88 valence electrons. The van der Waals surface area contributed by atoms with E-state index in [4.69, 9.17) is 5.26 Å². The molecule has 1 aromatic carbocycles. The van der Waals surface area contributed by atoms with Gasteiger partial charge >= 0.3 is 0 Å². The van der Waals surface area contributed by atoms with Crippen molar-refractivity contribution in [3.63, 3.8) is 0 Å². The third-order valence-corrected chi connectivity index (χ3v) is 2.37. The van der Waals surface area contributed by atoms with Crippen LogP contribution < -0.4 is 5.32 Å². The summed E-state index contributed by atoms with van der Waals surface area (Å²) in [6, 6.07) is 12.6. The van der Waals surface area contributed by atoms with Gasteiger partial charge < -0.3 is 5.32 Å². The smallest absolute Gasteiger partial charge is 0.228 e. The number of nitriles is 1. The molecule has 1 heterocycles. The number of carbonyl (C=O) groups excluding carboxylic acids is 1. The average molecular weight is 237 g/mol. The Morgan fingerprint density at radius 2 is 2.22 bits per heavy atom. The van der Waals surface area contributed by atoms with Crippen molar-refractivity contribution in [1.29, 1.82) is 5.26 Å². The fourth-order valence-corrected chi connectivity index (χ4v) is 1.58. The van der Waals surface area contributed by atoms with Crippen molar-refractivity contribution >= 4 is 11.6 Å². The maximum atomic E-state index is 11.8. The van der Waals surface area contributed by atoms with Gasteiger partial charge in [0.1, 0.15) is 0 Å². The minimum atomic E-state index is -0.127. The Labute approximate surface area is 105 Å². The first-order valence-corrected chi connectivity index (χ1v) is 5.47. The lowest BCUT2D eigenvalue weighted by Gasteiger charge is -2.04. The van der Waals surface area contributed by atoms with Gasteiger partial charge in [-0.3, -0.25) is 9.78 Å². The van der Waals surface area contributed by atoms with E-state index in [-0.39, 0.29) is 12.3 Å². The third-order valence-electron chi connectivity index (χ3n) is 2.37. The number of hydrogen-bond acceptors (Lipinski definition) is 3. The van der Waals surface area contributed by atoms with Crippen LogP contribution in [-0.4, -0.2) is 10.9 Å². The number of amides is 1. The highest BCUT2D eigenvalue weighted by Crippen LogP contribution is 2.07. The van der Waals surface area contributed by atoms with Gasteiger partial charge in [-0.1, -0.05) is 12.1 Å². The fourth-order valence-electron chi connectivity index (χ4n) is 1.58. The van der Waals surface area contributed by atoms with Crippen LogP contribution >= 0.6 is 0 Å². The van der Waals surface area contributed by atoms with Crippen LogP contribution in [0.2, 0.25) is 0 Å². The second-order valence-electron chi connectivity index (χ2n) is 3.78. The van der Waals surface area contributed by atoms with Gasteiger partial charge in [0.25, 0.3) is 0 Å². The highest BCUT2D eigenvalue weighted by atomic mass is 16.1. The quantitative estimate of drug-likeness (QED) is 0.889. The Kier molecular flexibility index (Phi) is 3.67. The summed E-state index contributed by atoms with van der Waals surface area (Å²) in [5.74, 6) is -0.127. The molecule has 0 fully saturated rings. The van der Waals surface area contributed by atoms with Crippen molar-refractivity contribution in [2.75, 3.05) is 5.32 Å². The van der Waals surface area contributed by atoms with Crippen molar-refractivity contribution in [1.82, 2.24) is 4.98 Å². The number of benzene rings is 1. The van der Waals surface area contributed by atoms with Crippen LogP contribution in [0.3, 0.4) is 0 Å². The zero-order chi connectivity index (χ0) is 12.8. The Morgan fingerprint density at radius 3 is 2.94 bits per heavy atom. The van der Waals surface area contributed by atoms with Gasteiger partial charge in [0.15, 0.2) is 0 Å². The molecule has 0 aliphatic heterocycles. The SMILES string of the molecule is N#Cc1cccc(CC(=O)Nc2cccnc2)c1. The Morgan fingerprint density at radius 1 is 1.33 bits per heavy atom. The molecule has 0 aliphatic carbocycles. The van der Waals surface area contributed by atoms with Gasteiger partial charge in [0.2, 0.25) is 5.91 Å². The number of nitrogens with one attached hydrogen (secondary N) is 1. The summed E-state index contributed by atoms with van der Waals surface area (Å²) in [4.78, 5) is 15.7. The molecule has 0 unspecified atom stereocenters. The molecular formula is C14H11N3O. The summed E-state index contributed by atoms with van der Waals surface area (Å²) in [6.07, 6.45) is 3.47. The van der Waals surface area contributed by atoms with Gasteiger partial charge in [-0.25, -0.2) is 0 Å². The summed E-state index contributed by atoms with van der Waals surface area (Å²) in [5, 5.41) is 11.5. The normalized spacial score (nSPS) is 9.50. The molecule has 0 saturated heterocycles. The van der Waals surface area contributed by atoms with E-state index in [0.717, 1.165) is 5.56 Å². The minimum Gasteiger partial charge on any atom is -0.324 e. The zero-order valence-corrected chi connectivity index (χ0v) is 9.63. The zero-order valence-electron chi connectivity index (χ0n) is 9.63. The molecular weight excluding hydrogens is 226 g/mol. The van der Waals surface area contributed by atoms with E-state index in [1.165, 1.54) is 0 Å². The van der Waals surface area contributed by atoms with E-state index in [0.29, 0.717) is 11.3 Å². The van der Waals surface area contributed by atoms with E-state index in [2.05, 4.69) is 10.3 Å². The summed E-state index contributed by atoms with van der Waals surface area (Å²) >= 11 is 0. The van der Waals surface area contributed by atoms with Crippen molar-refractivity contribution in [3.8, 4) is 6.07 Å². The van der Waals surface area contributed by atoms with Crippen molar-refractivity contribution in [2.45, 2.75) is 6.42 Å². The number of pyridine rings is 1. The lowest BCUT2D eigenvalue weighted by molar-refractivity contribution is -0.115. The number of nitrogens with zero attached hydrogens (tertiary/aromatic N) is 2. The standard InChI is InChI=1S/C14H11N3O/c15-9-12-4-1-3-11(7-12)8-14(18)17-13-5-2-6-16-10-13/h1-7,10H,8H2,(H,17,18). The predicted octanol–water partition coefficient (Wildman–Crippen LogP) is 2.13. The number of carbonyl (C=O) groups is 1. The fraction of sp³-hybridized carbons (Fsp3) is 0.0714. The molecule has 4 nitrogen and oxygen atoms in total. The molecule has 2 rings (SSSR count).